The van der Waals surface area contributed by atoms with Crippen LogP contribution in [-0.2, 0) is 4.74 Å². The SMILES string of the molecule is Cc1nc2ccccc2n1-c1nc(N)cc(N2CCOCC2C)n1. The van der Waals surface area contributed by atoms with E-state index in [0.29, 0.717) is 25.0 Å². The van der Waals surface area contributed by atoms with Crippen molar-refractivity contribution in [1.82, 2.24) is 19.5 Å². The van der Waals surface area contributed by atoms with Gasteiger partial charge in [0.25, 0.3) is 0 Å². The minimum absolute atomic E-state index is 0.251. The topological polar surface area (TPSA) is 82.1 Å². The smallest absolute Gasteiger partial charge is 0.239 e. The number of aryl methyl sites for hydroxylation is 1. The summed E-state index contributed by atoms with van der Waals surface area (Å²) in [6.45, 7) is 6.24. The van der Waals surface area contributed by atoms with Gasteiger partial charge >= 0.3 is 0 Å². The largest absolute Gasteiger partial charge is 0.383 e. The first-order chi connectivity index (χ1) is 11.6. The molecule has 1 fully saturated rings. The van der Waals surface area contributed by atoms with E-state index >= 15 is 0 Å². The molecule has 0 aliphatic carbocycles. The van der Waals surface area contributed by atoms with E-state index in [1.165, 1.54) is 0 Å². The quantitative estimate of drug-likeness (QED) is 0.775. The number of imidazole rings is 1. The summed E-state index contributed by atoms with van der Waals surface area (Å²) in [4.78, 5) is 16.0. The summed E-state index contributed by atoms with van der Waals surface area (Å²) in [5.41, 5.74) is 7.96. The minimum Gasteiger partial charge on any atom is -0.383 e. The van der Waals surface area contributed by atoms with Gasteiger partial charge in [0.15, 0.2) is 0 Å². The van der Waals surface area contributed by atoms with Crippen LogP contribution in [0.4, 0.5) is 11.6 Å². The molecule has 7 heteroatoms. The number of aromatic nitrogens is 4. The minimum atomic E-state index is 0.251. The molecule has 3 aromatic rings. The molecule has 0 amide bonds. The Morgan fingerprint density at radius 1 is 1.21 bits per heavy atom. The molecule has 0 radical (unpaired) electrons. The van der Waals surface area contributed by atoms with E-state index in [1.54, 1.807) is 0 Å². The van der Waals surface area contributed by atoms with E-state index in [0.717, 1.165) is 29.2 Å². The molecule has 0 bridgehead atoms. The molecule has 0 saturated carbocycles. The summed E-state index contributed by atoms with van der Waals surface area (Å²) in [5, 5.41) is 0. The average molecular weight is 324 g/mol. The molecule has 24 heavy (non-hydrogen) atoms. The highest BCUT2D eigenvalue weighted by Gasteiger charge is 2.22. The first kappa shape index (κ1) is 14.9. The van der Waals surface area contributed by atoms with Crippen molar-refractivity contribution in [3.8, 4) is 5.95 Å². The molecule has 1 atom stereocenters. The fourth-order valence-electron chi connectivity index (χ4n) is 3.15. The summed E-state index contributed by atoms with van der Waals surface area (Å²) in [5.74, 6) is 2.66. The first-order valence-corrected chi connectivity index (χ1v) is 8.07. The van der Waals surface area contributed by atoms with E-state index in [4.69, 9.17) is 15.5 Å². The van der Waals surface area contributed by atoms with Gasteiger partial charge in [-0.25, -0.2) is 4.98 Å². The summed E-state index contributed by atoms with van der Waals surface area (Å²) in [7, 11) is 0. The number of hydrogen-bond acceptors (Lipinski definition) is 6. The molecule has 7 nitrogen and oxygen atoms in total. The number of nitrogens with zero attached hydrogens (tertiary/aromatic N) is 5. The van der Waals surface area contributed by atoms with Crippen molar-refractivity contribution in [1.29, 1.82) is 0 Å². The van der Waals surface area contributed by atoms with Crippen molar-refractivity contribution in [2.24, 2.45) is 0 Å². The number of fused-ring (bicyclic) bond motifs is 1. The van der Waals surface area contributed by atoms with Crippen molar-refractivity contribution in [2.75, 3.05) is 30.4 Å². The van der Waals surface area contributed by atoms with Crippen LogP contribution in [0.1, 0.15) is 12.7 Å². The second kappa shape index (κ2) is 5.76. The average Bonchev–Trinajstić information content (AvgIpc) is 2.90. The fraction of sp³-hybridized carbons (Fsp3) is 0.353. The molecule has 1 aromatic carbocycles. The van der Waals surface area contributed by atoms with E-state index in [9.17, 15) is 0 Å². The van der Waals surface area contributed by atoms with Gasteiger partial charge in [0.05, 0.1) is 30.3 Å². The molecule has 1 aliphatic rings. The molecule has 2 N–H and O–H groups in total. The molecule has 0 spiro atoms. The Labute approximate surface area is 140 Å². The summed E-state index contributed by atoms with van der Waals surface area (Å²) < 4.78 is 7.46. The molecule has 124 valence electrons. The van der Waals surface area contributed by atoms with Crippen LogP contribution in [0, 0.1) is 6.92 Å². The number of morpholine rings is 1. The standard InChI is InChI=1S/C17H20N6O/c1-11-10-24-8-7-22(11)16-9-15(18)20-17(21-16)23-12(2)19-13-5-3-4-6-14(13)23/h3-6,9,11H,7-8,10H2,1-2H3,(H2,18,20,21). The summed E-state index contributed by atoms with van der Waals surface area (Å²) in [6.07, 6.45) is 0. The molecule has 1 saturated heterocycles. The lowest BCUT2D eigenvalue weighted by molar-refractivity contribution is 0.0985. The molecule has 3 heterocycles. The maximum absolute atomic E-state index is 6.07. The third-order valence-electron chi connectivity index (χ3n) is 4.31. The van der Waals surface area contributed by atoms with Crippen LogP contribution in [0.25, 0.3) is 17.0 Å². The van der Waals surface area contributed by atoms with E-state index < -0.39 is 0 Å². The van der Waals surface area contributed by atoms with Crippen molar-refractivity contribution in [3.05, 3.63) is 36.2 Å². The van der Waals surface area contributed by atoms with Crippen LogP contribution in [0.15, 0.2) is 30.3 Å². The highest BCUT2D eigenvalue weighted by Crippen LogP contribution is 2.24. The van der Waals surface area contributed by atoms with Gasteiger partial charge in [-0.3, -0.25) is 4.57 Å². The van der Waals surface area contributed by atoms with E-state index in [-0.39, 0.29) is 6.04 Å². The zero-order valence-electron chi connectivity index (χ0n) is 13.8. The van der Waals surface area contributed by atoms with Crippen molar-refractivity contribution < 1.29 is 4.74 Å². The lowest BCUT2D eigenvalue weighted by Crippen LogP contribution is -2.44. The van der Waals surface area contributed by atoms with Crippen LogP contribution >= 0.6 is 0 Å². The first-order valence-electron chi connectivity index (χ1n) is 8.07. The molecule has 1 aliphatic heterocycles. The predicted octanol–water partition coefficient (Wildman–Crippen LogP) is 1.93. The Balaban J connectivity index is 1.85. The number of nitrogens with two attached hydrogens (primary N) is 1. The summed E-state index contributed by atoms with van der Waals surface area (Å²) in [6, 6.07) is 10.0. The Morgan fingerprint density at radius 3 is 2.88 bits per heavy atom. The van der Waals surface area contributed by atoms with Gasteiger partial charge in [-0.2, -0.15) is 9.97 Å². The molecular weight excluding hydrogens is 304 g/mol. The zero-order valence-corrected chi connectivity index (χ0v) is 13.8. The lowest BCUT2D eigenvalue weighted by atomic mass is 10.2. The number of rotatable bonds is 2. The van der Waals surface area contributed by atoms with Crippen LogP contribution < -0.4 is 10.6 Å². The number of ether oxygens (including phenoxy) is 1. The maximum Gasteiger partial charge on any atom is 0.239 e. The highest BCUT2D eigenvalue weighted by molar-refractivity contribution is 5.77. The van der Waals surface area contributed by atoms with Gasteiger partial charge in [-0.15, -0.1) is 0 Å². The number of benzene rings is 1. The van der Waals surface area contributed by atoms with Crippen LogP contribution in [0.3, 0.4) is 0 Å². The Hall–Kier alpha value is -2.67. The molecular formula is C17H20N6O. The number of nitrogen functional groups attached to an aromatic ring is 1. The third kappa shape index (κ3) is 2.46. The lowest BCUT2D eigenvalue weighted by Gasteiger charge is -2.34. The van der Waals surface area contributed by atoms with Crippen LogP contribution in [0.5, 0.6) is 0 Å². The second-order valence-electron chi connectivity index (χ2n) is 6.05. The van der Waals surface area contributed by atoms with Crippen LogP contribution in [-0.4, -0.2) is 45.3 Å². The number of hydrogen-bond donors (Lipinski definition) is 1. The van der Waals surface area contributed by atoms with Gasteiger partial charge in [0.1, 0.15) is 17.5 Å². The van der Waals surface area contributed by atoms with E-state index in [1.807, 2.05) is 41.8 Å². The van der Waals surface area contributed by atoms with Gasteiger partial charge < -0.3 is 15.4 Å². The summed E-state index contributed by atoms with van der Waals surface area (Å²) >= 11 is 0. The van der Waals surface area contributed by atoms with Crippen molar-refractivity contribution >= 4 is 22.7 Å². The number of para-hydroxylation sites is 2. The zero-order chi connectivity index (χ0) is 16.7. The molecule has 4 rings (SSSR count). The molecule has 2 aromatic heterocycles. The molecule has 1 unspecified atom stereocenters. The predicted molar refractivity (Wildman–Crippen MR) is 93.4 cm³/mol. The Bertz CT molecular complexity index is 890. The van der Waals surface area contributed by atoms with Gasteiger partial charge in [0, 0.05) is 12.6 Å². The van der Waals surface area contributed by atoms with Crippen molar-refractivity contribution in [3.63, 3.8) is 0 Å². The van der Waals surface area contributed by atoms with Gasteiger partial charge in [0.2, 0.25) is 5.95 Å². The fourth-order valence-corrected chi connectivity index (χ4v) is 3.15. The Kier molecular flexibility index (Phi) is 3.57. The van der Waals surface area contributed by atoms with Crippen LogP contribution in [0.2, 0.25) is 0 Å². The monoisotopic (exact) mass is 324 g/mol. The van der Waals surface area contributed by atoms with Gasteiger partial charge in [-0.1, -0.05) is 12.1 Å². The normalized spacial score (nSPS) is 18.2. The number of anilines is 2. The van der Waals surface area contributed by atoms with E-state index in [2.05, 4.69) is 21.8 Å². The Morgan fingerprint density at radius 2 is 2.04 bits per heavy atom. The van der Waals surface area contributed by atoms with Crippen molar-refractivity contribution in [2.45, 2.75) is 19.9 Å². The van der Waals surface area contributed by atoms with Gasteiger partial charge in [-0.05, 0) is 26.0 Å². The maximum atomic E-state index is 6.07. The highest BCUT2D eigenvalue weighted by atomic mass is 16.5. The third-order valence-corrected chi connectivity index (χ3v) is 4.31. The second-order valence-corrected chi connectivity index (χ2v) is 6.05.